The lowest BCUT2D eigenvalue weighted by atomic mass is 10.1. The molecule has 0 bridgehead atoms. The zero-order valence-corrected chi connectivity index (χ0v) is 20.2. The van der Waals surface area contributed by atoms with E-state index in [-0.39, 0.29) is 0 Å². The van der Waals surface area contributed by atoms with Gasteiger partial charge in [-0.05, 0) is 69.2 Å². The third-order valence-corrected chi connectivity index (χ3v) is 5.60. The maximum Gasteiger partial charge on any atom is 0.347 e. The van der Waals surface area contributed by atoms with Crippen LogP contribution >= 0.6 is 0 Å². The molecule has 1 N–H and O–H groups in total. The van der Waals surface area contributed by atoms with Crippen molar-refractivity contribution in [2.75, 3.05) is 18.1 Å². The first-order valence-corrected chi connectivity index (χ1v) is 11.6. The molecule has 3 aromatic carbocycles. The number of benzene rings is 3. The van der Waals surface area contributed by atoms with Gasteiger partial charge in [0.2, 0.25) is 0 Å². The third kappa shape index (κ3) is 6.32. The second-order valence-corrected chi connectivity index (χ2v) is 8.96. The summed E-state index contributed by atoms with van der Waals surface area (Å²) in [5, 5.41) is 9.29. The van der Waals surface area contributed by atoms with E-state index >= 15 is 0 Å². The number of oxazole rings is 1. The Hall–Kier alpha value is -4.00. The normalized spacial score (nSPS) is 11.4. The van der Waals surface area contributed by atoms with Gasteiger partial charge >= 0.3 is 5.97 Å². The van der Waals surface area contributed by atoms with E-state index in [1.807, 2.05) is 67.6 Å². The monoisotopic (exact) mass is 474 g/mol. The van der Waals surface area contributed by atoms with Crippen molar-refractivity contribution in [1.29, 1.82) is 0 Å². The standard InChI is InChI=1S/C28H30N2O5/c1-20-9-13-22(14-10-20)33-18-6-17-30(27-29-24-7-4-5-8-25(24)34-27)19-21-11-15-23(16-12-21)35-28(2,3)26(31)32/h4-5,7-16H,6,17-19H2,1-3H3,(H,31,32). The first-order chi connectivity index (χ1) is 16.8. The molecule has 0 aliphatic carbocycles. The number of fused-ring (bicyclic) bond motifs is 1. The molecule has 35 heavy (non-hydrogen) atoms. The highest BCUT2D eigenvalue weighted by Crippen LogP contribution is 2.25. The van der Waals surface area contributed by atoms with Crippen molar-refractivity contribution in [2.24, 2.45) is 0 Å². The van der Waals surface area contributed by atoms with Crippen LogP contribution in [0.25, 0.3) is 11.1 Å². The van der Waals surface area contributed by atoms with E-state index in [0.717, 1.165) is 28.8 Å². The van der Waals surface area contributed by atoms with Gasteiger partial charge in [-0.1, -0.05) is 42.0 Å². The van der Waals surface area contributed by atoms with Crippen molar-refractivity contribution in [1.82, 2.24) is 4.98 Å². The average molecular weight is 475 g/mol. The van der Waals surface area contributed by atoms with Gasteiger partial charge in [-0.25, -0.2) is 4.79 Å². The SMILES string of the molecule is Cc1ccc(OCCCN(Cc2ccc(OC(C)(C)C(=O)O)cc2)c2nc3ccccc3o2)cc1. The molecule has 4 aromatic rings. The summed E-state index contributed by atoms with van der Waals surface area (Å²) >= 11 is 0. The molecule has 0 aliphatic heterocycles. The smallest absolute Gasteiger partial charge is 0.347 e. The summed E-state index contributed by atoms with van der Waals surface area (Å²) in [5.41, 5.74) is 2.46. The number of hydrogen-bond donors (Lipinski definition) is 1. The Morgan fingerprint density at radius 1 is 1.00 bits per heavy atom. The molecule has 0 radical (unpaired) electrons. The fourth-order valence-corrected chi connectivity index (χ4v) is 3.54. The summed E-state index contributed by atoms with van der Waals surface area (Å²) in [6, 6.07) is 23.7. The molecule has 0 saturated heterocycles. The van der Waals surface area contributed by atoms with Crippen molar-refractivity contribution < 1.29 is 23.8 Å². The molecule has 1 heterocycles. The van der Waals surface area contributed by atoms with E-state index in [1.54, 1.807) is 12.1 Å². The number of carboxylic acids is 1. The number of carbonyl (C=O) groups is 1. The minimum absolute atomic E-state index is 0.501. The van der Waals surface area contributed by atoms with E-state index < -0.39 is 11.6 Å². The number of rotatable bonds is 11. The molecule has 0 amide bonds. The van der Waals surface area contributed by atoms with Gasteiger partial charge < -0.3 is 23.9 Å². The summed E-state index contributed by atoms with van der Waals surface area (Å²) in [6.45, 7) is 6.92. The topological polar surface area (TPSA) is 85.0 Å². The Bertz CT molecular complexity index is 1230. The maximum atomic E-state index is 11.3. The molecule has 182 valence electrons. The Labute approximate surface area is 204 Å². The number of para-hydroxylation sites is 2. The second-order valence-electron chi connectivity index (χ2n) is 8.96. The molecule has 0 unspecified atom stereocenters. The number of ether oxygens (including phenoxy) is 2. The van der Waals surface area contributed by atoms with Crippen molar-refractivity contribution >= 4 is 23.1 Å². The minimum atomic E-state index is -1.30. The van der Waals surface area contributed by atoms with E-state index in [9.17, 15) is 9.90 Å². The number of hydrogen-bond acceptors (Lipinski definition) is 6. The lowest BCUT2D eigenvalue weighted by molar-refractivity contribution is -0.152. The molecule has 0 atom stereocenters. The van der Waals surface area contributed by atoms with Gasteiger partial charge in [0.15, 0.2) is 11.2 Å². The third-order valence-electron chi connectivity index (χ3n) is 5.60. The fourth-order valence-electron chi connectivity index (χ4n) is 3.54. The Morgan fingerprint density at radius 2 is 1.69 bits per heavy atom. The lowest BCUT2D eigenvalue weighted by Crippen LogP contribution is -2.37. The van der Waals surface area contributed by atoms with Crippen molar-refractivity contribution in [3.8, 4) is 11.5 Å². The number of aromatic nitrogens is 1. The first-order valence-electron chi connectivity index (χ1n) is 11.6. The molecular weight excluding hydrogens is 444 g/mol. The molecule has 1 aromatic heterocycles. The number of nitrogens with zero attached hydrogens (tertiary/aromatic N) is 2. The van der Waals surface area contributed by atoms with E-state index in [2.05, 4.69) is 9.88 Å². The molecule has 7 heteroatoms. The van der Waals surface area contributed by atoms with Gasteiger partial charge in [-0.2, -0.15) is 4.98 Å². The van der Waals surface area contributed by atoms with Crippen LogP contribution < -0.4 is 14.4 Å². The van der Waals surface area contributed by atoms with Gasteiger partial charge in [0.05, 0.1) is 6.61 Å². The van der Waals surface area contributed by atoms with Crippen molar-refractivity contribution in [3.05, 3.63) is 83.9 Å². The molecule has 0 spiro atoms. The van der Waals surface area contributed by atoms with Crippen LogP contribution in [0.1, 0.15) is 31.4 Å². The van der Waals surface area contributed by atoms with Crippen LogP contribution in [0.2, 0.25) is 0 Å². The van der Waals surface area contributed by atoms with Crippen LogP contribution in [0.4, 0.5) is 6.01 Å². The molecule has 0 fully saturated rings. The molecule has 4 rings (SSSR count). The van der Waals surface area contributed by atoms with Crippen molar-refractivity contribution in [2.45, 2.75) is 39.3 Å². The van der Waals surface area contributed by atoms with Gasteiger partial charge in [0.1, 0.15) is 17.0 Å². The molecule has 0 saturated carbocycles. The highest BCUT2D eigenvalue weighted by Gasteiger charge is 2.29. The summed E-state index contributed by atoms with van der Waals surface area (Å²) in [7, 11) is 0. The molecular formula is C28H30N2O5. The Balaban J connectivity index is 1.45. The summed E-state index contributed by atoms with van der Waals surface area (Å²) in [5.74, 6) is 0.335. The fraction of sp³-hybridized carbons (Fsp3) is 0.286. The summed E-state index contributed by atoms with van der Waals surface area (Å²) < 4.78 is 17.5. The highest BCUT2D eigenvalue weighted by atomic mass is 16.5. The Kier molecular flexibility index (Phi) is 7.25. The van der Waals surface area contributed by atoms with Crippen LogP contribution in [-0.2, 0) is 11.3 Å². The van der Waals surface area contributed by atoms with E-state index in [0.29, 0.717) is 31.5 Å². The predicted molar refractivity (Wildman–Crippen MR) is 135 cm³/mol. The number of anilines is 1. The van der Waals surface area contributed by atoms with Crippen LogP contribution in [0.5, 0.6) is 11.5 Å². The van der Waals surface area contributed by atoms with Crippen LogP contribution in [0.3, 0.4) is 0 Å². The largest absolute Gasteiger partial charge is 0.494 e. The lowest BCUT2D eigenvalue weighted by Gasteiger charge is -2.23. The summed E-state index contributed by atoms with van der Waals surface area (Å²) in [6.07, 6.45) is 0.778. The van der Waals surface area contributed by atoms with Gasteiger partial charge in [-0.3, -0.25) is 0 Å². The minimum Gasteiger partial charge on any atom is -0.494 e. The van der Waals surface area contributed by atoms with Gasteiger partial charge in [-0.15, -0.1) is 0 Å². The Morgan fingerprint density at radius 3 is 2.37 bits per heavy atom. The molecule has 0 aliphatic rings. The second kappa shape index (κ2) is 10.5. The first kappa shape index (κ1) is 24.1. The average Bonchev–Trinajstić information content (AvgIpc) is 3.27. The zero-order valence-electron chi connectivity index (χ0n) is 20.2. The maximum absolute atomic E-state index is 11.3. The summed E-state index contributed by atoms with van der Waals surface area (Å²) in [4.78, 5) is 18.1. The van der Waals surface area contributed by atoms with Gasteiger partial charge in [0.25, 0.3) is 6.01 Å². The number of aliphatic carboxylic acids is 1. The van der Waals surface area contributed by atoms with E-state index in [4.69, 9.17) is 13.9 Å². The van der Waals surface area contributed by atoms with Crippen LogP contribution in [0.15, 0.2) is 77.2 Å². The van der Waals surface area contributed by atoms with Crippen LogP contribution in [0, 0.1) is 6.92 Å². The van der Waals surface area contributed by atoms with Gasteiger partial charge in [0, 0.05) is 13.1 Å². The van der Waals surface area contributed by atoms with Crippen molar-refractivity contribution in [3.63, 3.8) is 0 Å². The number of aryl methyl sites for hydroxylation is 1. The quantitative estimate of drug-likeness (QED) is 0.273. The van der Waals surface area contributed by atoms with E-state index in [1.165, 1.54) is 19.4 Å². The number of carboxylic acid groups (broad SMARTS) is 1. The van der Waals surface area contributed by atoms with Crippen LogP contribution in [-0.4, -0.2) is 34.8 Å². The highest BCUT2D eigenvalue weighted by molar-refractivity contribution is 5.76. The zero-order chi connectivity index (χ0) is 24.8. The molecule has 7 nitrogen and oxygen atoms in total. The predicted octanol–water partition coefficient (Wildman–Crippen LogP) is 5.85.